The summed E-state index contributed by atoms with van der Waals surface area (Å²) in [6, 6.07) is 4.15. The number of rotatable bonds is 7. The van der Waals surface area contributed by atoms with Crippen molar-refractivity contribution >= 4 is 27.5 Å². The highest BCUT2D eigenvalue weighted by Gasteiger charge is 2.47. The number of nitrogens with one attached hydrogen (secondary N) is 2. The van der Waals surface area contributed by atoms with Crippen LogP contribution in [0.25, 0.3) is 10.2 Å². The van der Waals surface area contributed by atoms with Gasteiger partial charge in [0.15, 0.2) is 0 Å². The first-order valence-electron chi connectivity index (χ1n) is 12.3. The molecule has 1 aromatic heterocycles. The maximum atomic E-state index is 14.1. The number of thiazole rings is 1. The number of hydrogen-bond acceptors (Lipinski definition) is 4. The van der Waals surface area contributed by atoms with Gasteiger partial charge in [-0.15, -0.1) is 0 Å². The number of benzene rings is 2. The summed E-state index contributed by atoms with van der Waals surface area (Å²) in [6.07, 6.45) is -7.03. The van der Waals surface area contributed by atoms with Crippen LogP contribution in [0, 0.1) is 17.2 Å². The minimum Gasteiger partial charge on any atom is -0.352 e. The minimum atomic E-state index is -4.97. The van der Waals surface area contributed by atoms with E-state index < -0.39 is 47.2 Å². The van der Waals surface area contributed by atoms with Crippen LogP contribution in [0.15, 0.2) is 35.1 Å². The molecule has 1 saturated heterocycles. The monoisotopic (exact) mass is 575 g/mol. The van der Waals surface area contributed by atoms with Gasteiger partial charge in [-0.3, -0.25) is 14.5 Å². The lowest BCUT2D eigenvalue weighted by molar-refractivity contribution is -0.143. The van der Waals surface area contributed by atoms with E-state index in [9.17, 15) is 40.3 Å². The summed E-state index contributed by atoms with van der Waals surface area (Å²) in [4.78, 5) is 29.4. The Morgan fingerprint density at radius 1 is 1.08 bits per heavy atom. The van der Waals surface area contributed by atoms with E-state index in [-0.39, 0.29) is 22.0 Å². The second-order valence-corrected chi connectivity index (χ2v) is 11.4. The van der Waals surface area contributed by atoms with Crippen molar-refractivity contribution in [3.63, 3.8) is 0 Å². The van der Waals surface area contributed by atoms with Gasteiger partial charge < -0.3 is 10.3 Å². The fourth-order valence-corrected chi connectivity index (χ4v) is 6.18. The molecule has 210 valence electrons. The largest absolute Gasteiger partial charge is 0.416 e. The fourth-order valence-electron chi connectivity index (χ4n) is 5.32. The zero-order chi connectivity index (χ0) is 28.2. The molecule has 2 fully saturated rings. The zero-order valence-corrected chi connectivity index (χ0v) is 21.3. The summed E-state index contributed by atoms with van der Waals surface area (Å²) in [5.41, 5.74) is -3.17. The number of halogens is 7. The minimum absolute atomic E-state index is 0.0579. The lowest BCUT2D eigenvalue weighted by atomic mass is 9.80. The molecule has 2 aromatic carbocycles. The van der Waals surface area contributed by atoms with Crippen LogP contribution in [-0.4, -0.2) is 28.9 Å². The normalized spacial score (nSPS) is 20.6. The summed E-state index contributed by atoms with van der Waals surface area (Å²) < 4.78 is 94.0. The Kier molecular flexibility index (Phi) is 7.03. The van der Waals surface area contributed by atoms with Crippen LogP contribution in [0.5, 0.6) is 0 Å². The van der Waals surface area contributed by atoms with Crippen LogP contribution >= 0.6 is 11.3 Å². The zero-order valence-electron chi connectivity index (χ0n) is 20.4. The molecule has 5 rings (SSSR count). The summed E-state index contributed by atoms with van der Waals surface area (Å²) in [7, 11) is 0. The Morgan fingerprint density at radius 2 is 1.74 bits per heavy atom. The molecule has 5 nitrogen and oxygen atoms in total. The van der Waals surface area contributed by atoms with E-state index in [0.29, 0.717) is 55.2 Å². The van der Waals surface area contributed by atoms with Crippen molar-refractivity contribution in [1.82, 2.24) is 15.2 Å². The first kappa shape index (κ1) is 27.6. The van der Waals surface area contributed by atoms with Crippen molar-refractivity contribution < 1.29 is 35.5 Å². The average molecular weight is 576 g/mol. The molecule has 2 heterocycles. The van der Waals surface area contributed by atoms with Gasteiger partial charge in [-0.1, -0.05) is 30.2 Å². The number of H-pyrrole nitrogens is 1. The third-order valence-corrected chi connectivity index (χ3v) is 8.35. The Hall–Kier alpha value is -2.93. The first-order chi connectivity index (χ1) is 18.2. The van der Waals surface area contributed by atoms with Gasteiger partial charge in [0.1, 0.15) is 5.82 Å². The van der Waals surface area contributed by atoms with Crippen molar-refractivity contribution in [2.45, 2.75) is 51.1 Å². The Bertz CT molecular complexity index is 1430. The molecule has 13 heteroatoms. The summed E-state index contributed by atoms with van der Waals surface area (Å²) >= 11 is 0.897. The van der Waals surface area contributed by atoms with Gasteiger partial charge in [-0.25, -0.2) is 4.39 Å². The molecule has 1 amide bonds. The molecule has 3 aromatic rings. The van der Waals surface area contributed by atoms with Gasteiger partial charge in [0, 0.05) is 19.6 Å². The highest BCUT2D eigenvalue weighted by Crippen LogP contribution is 2.46. The molecule has 0 spiro atoms. The topological polar surface area (TPSA) is 65.2 Å². The van der Waals surface area contributed by atoms with E-state index in [1.807, 2.05) is 4.90 Å². The van der Waals surface area contributed by atoms with Crippen LogP contribution in [0.4, 0.5) is 30.7 Å². The number of likely N-dealkylation sites (tertiary alicyclic amines) is 1. The van der Waals surface area contributed by atoms with Crippen molar-refractivity contribution in [1.29, 1.82) is 0 Å². The lowest BCUT2D eigenvalue weighted by Gasteiger charge is -2.29. The molecule has 1 aliphatic carbocycles. The molecular formula is C26H24F7N3O2S. The Labute approximate surface area is 222 Å². The molecule has 0 radical (unpaired) electrons. The van der Waals surface area contributed by atoms with E-state index in [1.165, 1.54) is 6.07 Å². The van der Waals surface area contributed by atoms with Crippen molar-refractivity contribution in [2.75, 3.05) is 13.1 Å². The molecule has 2 aliphatic rings. The highest BCUT2D eigenvalue weighted by atomic mass is 32.1. The smallest absolute Gasteiger partial charge is 0.352 e. The van der Waals surface area contributed by atoms with Crippen LogP contribution in [0.2, 0.25) is 0 Å². The van der Waals surface area contributed by atoms with E-state index in [0.717, 1.165) is 29.7 Å². The maximum absolute atomic E-state index is 14.1. The van der Waals surface area contributed by atoms with Crippen LogP contribution in [0.1, 0.15) is 47.9 Å². The number of carbonyl (C=O) groups is 1. The number of fused-ring (bicyclic) bond motifs is 1. The van der Waals surface area contributed by atoms with Crippen molar-refractivity contribution in [3.8, 4) is 0 Å². The van der Waals surface area contributed by atoms with Gasteiger partial charge in [0.25, 0.3) is 0 Å². The fraction of sp³-hybridized carbons (Fsp3) is 0.462. The lowest BCUT2D eigenvalue weighted by Crippen LogP contribution is -2.43. The van der Waals surface area contributed by atoms with Gasteiger partial charge in [0.05, 0.1) is 26.8 Å². The molecule has 2 N–H and O–H groups in total. The summed E-state index contributed by atoms with van der Waals surface area (Å²) in [5.74, 6) is -0.633. The quantitative estimate of drug-likeness (QED) is 0.336. The maximum Gasteiger partial charge on any atom is 0.416 e. The molecule has 0 bridgehead atoms. The standard InChI is InChI=1S/C26H24F7N3O2S/c27-19-4-3-16(21-20(19)35-23(38)39-21)12-36-6-5-24(13-36,10-14-1-2-14)22(37)34-11-15-7-17(25(28,29)30)9-18(8-15)26(31,32)33/h3-4,7-9,14H,1-2,5-6,10-13H2,(H,34,37)(H,35,38). The van der Waals surface area contributed by atoms with Crippen molar-refractivity contribution in [3.05, 3.63) is 68.1 Å². The predicted molar refractivity (Wildman–Crippen MR) is 130 cm³/mol. The number of nitrogens with zero attached hydrogens (tertiary/aromatic N) is 1. The summed E-state index contributed by atoms with van der Waals surface area (Å²) in [5, 5.41) is 2.60. The number of hydrogen-bond donors (Lipinski definition) is 2. The number of alkyl halides is 6. The summed E-state index contributed by atoms with van der Waals surface area (Å²) in [6.45, 7) is 0.713. The van der Waals surface area contributed by atoms with Gasteiger partial charge in [-0.2, -0.15) is 26.3 Å². The van der Waals surface area contributed by atoms with E-state index >= 15 is 0 Å². The second kappa shape index (κ2) is 9.92. The number of amides is 1. The molecule has 1 atom stereocenters. The van der Waals surface area contributed by atoms with E-state index in [4.69, 9.17) is 0 Å². The number of aromatic nitrogens is 1. The van der Waals surface area contributed by atoms with E-state index in [2.05, 4.69) is 10.3 Å². The molecular weight excluding hydrogens is 551 g/mol. The van der Waals surface area contributed by atoms with Crippen LogP contribution in [-0.2, 0) is 30.2 Å². The highest BCUT2D eigenvalue weighted by molar-refractivity contribution is 7.16. The Morgan fingerprint density at radius 3 is 2.36 bits per heavy atom. The van der Waals surface area contributed by atoms with Gasteiger partial charge >= 0.3 is 17.2 Å². The third-order valence-electron chi connectivity index (χ3n) is 7.40. The predicted octanol–water partition coefficient (Wildman–Crippen LogP) is 6.07. The number of aromatic amines is 1. The van der Waals surface area contributed by atoms with Gasteiger partial charge in [-0.05, 0) is 60.7 Å². The SMILES string of the molecule is O=C(NCc1cc(C(F)(F)F)cc(C(F)(F)F)c1)C1(CC2CC2)CCN(Cc2ccc(F)c3[nH]c(=O)sc23)C1. The van der Waals surface area contributed by atoms with Crippen molar-refractivity contribution in [2.24, 2.45) is 11.3 Å². The third kappa shape index (κ3) is 5.98. The molecule has 39 heavy (non-hydrogen) atoms. The average Bonchev–Trinajstić information content (AvgIpc) is 3.42. The van der Waals surface area contributed by atoms with Crippen LogP contribution in [0.3, 0.4) is 0 Å². The first-order valence-corrected chi connectivity index (χ1v) is 13.1. The molecule has 1 aliphatic heterocycles. The molecule has 1 unspecified atom stereocenters. The Balaban J connectivity index is 1.34. The van der Waals surface area contributed by atoms with Crippen LogP contribution < -0.4 is 10.2 Å². The second-order valence-electron chi connectivity index (χ2n) is 10.4. The molecule has 1 saturated carbocycles. The van der Waals surface area contributed by atoms with Gasteiger partial charge in [0.2, 0.25) is 5.91 Å². The number of carbonyl (C=O) groups excluding carboxylic acids is 1. The van der Waals surface area contributed by atoms with E-state index in [1.54, 1.807) is 6.07 Å².